The van der Waals surface area contributed by atoms with Gasteiger partial charge in [-0.15, -0.1) is 11.3 Å². The van der Waals surface area contributed by atoms with Crippen molar-refractivity contribution in [3.8, 4) is 0 Å². The minimum absolute atomic E-state index is 0.169. The van der Waals surface area contributed by atoms with Gasteiger partial charge in [0.15, 0.2) is 6.29 Å². The van der Waals surface area contributed by atoms with E-state index in [-0.39, 0.29) is 12.3 Å². The van der Waals surface area contributed by atoms with Crippen LogP contribution in [-0.2, 0) is 9.47 Å². The fraction of sp³-hybridized carbons (Fsp3) is 0.727. The van der Waals surface area contributed by atoms with Gasteiger partial charge in [0.25, 0.3) is 0 Å². The molecule has 0 aliphatic rings. The van der Waals surface area contributed by atoms with Crippen LogP contribution in [0.3, 0.4) is 0 Å². The molecular weight excluding hydrogens is 224 g/mol. The Balaban J connectivity index is 2.30. The molecule has 0 aliphatic heterocycles. The van der Waals surface area contributed by atoms with E-state index >= 15 is 0 Å². The third-order valence-corrected chi connectivity index (χ3v) is 3.08. The summed E-state index contributed by atoms with van der Waals surface area (Å²) in [5.74, 6) is 0. The van der Waals surface area contributed by atoms with Crippen molar-refractivity contribution in [3.63, 3.8) is 0 Å². The zero-order valence-corrected chi connectivity index (χ0v) is 10.9. The van der Waals surface area contributed by atoms with E-state index in [1.165, 1.54) is 0 Å². The second kappa shape index (κ2) is 7.73. The number of rotatable bonds is 8. The number of hydrogen-bond donors (Lipinski definition) is 1. The number of aromatic nitrogens is 1. The van der Waals surface area contributed by atoms with Gasteiger partial charge >= 0.3 is 0 Å². The molecule has 0 radical (unpaired) electrons. The smallest absolute Gasteiger partial charge is 0.169 e. The van der Waals surface area contributed by atoms with Crippen LogP contribution in [-0.4, -0.2) is 31.0 Å². The molecule has 1 atom stereocenters. The fourth-order valence-corrected chi connectivity index (χ4v) is 2.02. The second-order valence-corrected chi connectivity index (χ2v) is 4.27. The molecule has 0 spiro atoms. The molecule has 0 aliphatic carbocycles. The number of nitrogens with one attached hydrogen (secondary N) is 1. The van der Waals surface area contributed by atoms with Gasteiger partial charge in [-0.3, -0.25) is 0 Å². The summed E-state index contributed by atoms with van der Waals surface area (Å²) in [5.41, 5.74) is 0. The highest BCUT2D eigenvalue weighted by molar-refractivity contribution is 7.09. The van der Waals surface area contributed by atoms with E-state index < -0.39 is 0 Å². The van der Waals surface area contributed by atoms with Gasteiger partial charge < -0.3 is 14.8 Å². The summed E-state index contributed by atoms with van der Waals surface area (Å²) in [6.07, 6.45) is 1.65. The third kappa shape index (κ3) is 4.57. The molecule has 0 saturated heterocycles. The van der Waals surface area contributed by atoms with Crippen molar-refractivity contribution in [1.29, 1.82) is 0 Å². The SMILES string of the molecule is CCOC(CNC(C)c1nccs1)OCC. The van der Waals surface area contributed by atoms with Gasteiger partial charge in [0.05, 0.1) is 6.04 Å². The molecule has 0 amide bonds. The Morgan fingerprint density at radius 1 is 1.38 bits per heavy atom. The maximum Gasteiger partial charge on any atom is 0.169 e. The Hall–Kier alpha value is -0.490. The molecule has 1 rings (SSSR count). The molecule has 1 aromatic heterocycles. The summed E-state index contributed by atoms with van der Waals surface area (Å²) in [6.45, 7) is 8.04. The lowest BCUT2D eigenvalue weighted by Gasteiger charge is -2.19. The van der Waals surface area contributed by atoms with Crippen molar-refractivity contribution >= 4 is 11.3 Å². The molecule has 0 fully saturated rings. The Morgan fingerprint density at radius 3 is 2.56 bits per heavy atom. The van der Waals surface area contributed by atoms with E-state index in [0.717, 1.165) is 5.01 Å². The Kier molecular flexibility index (Phi) is 6.56. The maximum absolute atomic E-state index is 5.45. The third-order valence-electron chi connectivity index (χ3n) is 2.12. The molecule has 0 saturated carbocycles. The zero-order chi connectivity index (χ0) is 11.8. The van der Waals surface area contributed by atoms with Crippen molar-refractivity contribution in [2.24, 2.45) is 0 Å². The molecule has 0 aromatic carbocycles. The molecule has 1 heterocycles. The Bertz CT molecular complexity index is 261. The molecule has 1 N–H and O–H groups in total. The lowest BCUT2D eigenvalue weighted by atomic mass is 10.3. The van der Waals surface area contributed by atoms with Gasteiger partial charge in [0, 0.05) is 31.3 Å². The largest absolute Gasteiger partial charge is 0.352 e. The van der Waals surface area contributed by atoms with Crippen LogP contribution in [0.15, 0.2) is 11.6 Å². The van der Waals surface area contributed by atoms with E-state index in [2.05, 4.69) is 17.2 Å². The second-order valence-electron chi connectivity index (χ2n) is 3.34. The molecule has 92 valence electrons. The highest BCUT2D eigenvalue weighted by atomic mass is 32.1. The molecule has 4 nitrogen and oxygen atoms in total. The van der Waals surface area contributed by atoms with Crippen molar-refractivity contribution < 1.29 is 9.47 Å². The van der Waals surface area contributed by atoms with Gasteiger partial charge in [0.2, 0.25) is 0 Å². The van der Waals surface area contributed by atoms with Crippen LogP contribution in [0.4, 0.5) is 0 Å². The van der Waals surface area contributed by atoms with Gasteiger partial charge in [-0.1, -0.05) is 0 Å². The molecular formula is C11H20N2O2S. The summed E-state index contributed by atoms with van der Waals surface area (Å²) >= 11 is 1.65. The first-order valence-electron chi connectivity index (χ1n) is 5.63. The molecule has 0 bridgehead atoms. The van der Waals surface area contributed by atoms with Crippen LogP contribution in [0.1, 0.15) is 31.8 Å². The highest BCUT2D eigenvalue weighted by Gasteiger charge is 2.12. The van der Waals surface area contributed by atoms with E-state index in [1.807, 2.05) is 25.4 Å². The number of thiazole rings is 1. The van der Waals surface area contributed by atoms with Crippen LogP contribution < -0.4 is 5.32 Å². The topological polar surface area (TPSA) is 43.4 Å². The van der Waals surface area contributed by atoms with Crippen LogP contribution in [0, 0.1) is 0 Å². The summed E-state index contributed by atoms with van der Waals surface area (Å²) < 4.78 is 10.9. The first-order chi connectivity index (χ1) is 7.77. The lowest BCUT2D eigenvalue weighted by molar-refractivity contribution is -0.133. The minimum Gasteiger partial charge on any atom is -0.352 e. The molecule has 1 unspecified atom stereocenters. The Labute approximate surface area is 101 Å². The molecule has 16 heavy (non-hydrogen) atoms. The number of nitrogens with zero attached hydrogens (tertiary/aromatic N) is 1. The minimum atomic E-state index is -0.169. The normalized spacial score (nSPS) is 13.2. The van der Waals surface area contributed by atoms with Gasteiger partial charge in [-0.05, 0) is 20.8 Å². The van der Waals surface area contributed by atoms with E-state index in [0.29, 0.717) is 19.8 Å². The van der Waals surface area contributed by atoms with E-state index in [1.54, 1.807) is 11.3 Å². The predicted octanol–water partition coefficient (Wildman–Crippen LogP) is 2.19. The summed E-state index contributed by atoms with van der Waals surface area (Å²) in [4.78, 5) is 4.26. The van der Waals surface area contributed by atoms with E-state index in [9.17, 15) is 0 Å². The quantitative estimate of drug-likeness (QED) is 0.712. The fourth-order valence-electron chi connectivity index (χ4n) is 1.35. The van der Waals surface area contributed by atoms with Gasteiger partial charge in [0.1, 0.15) is 5.01 Å². The average Bonchev–Trinajstić information content (AvgIpc) is 2.79. The van der Waals surface area contributed by atoms with Crippen LogP contribution >= 0.6 is 11.3 Å². The molecule has 5 heteroatoms. The van der Waals surface area contributed by atoms with Crippen LogP contribution in [0.25, 0.3) is 0 Å². The number of hydrogen-bond acceptors (Lipinski definition) is 5. The monoisotopic (exact) mass is 244 g/mol. The van der Waals surface area contributed by atoms with Crippen molar-refractivity contribution in [3.05, 3.63) is 16.6 Å². The van der Waals surface area contributed by atoms with E-state index in [4.69, 9.17) is 9.47 Å². The summed E-state index contributed by atoms with van der Waals surface area (Å²) in [6, 6.07) is 0.239. The van der Waals surface area contributed by atoms with Gasteiger partial charge in [-0.25, -0.2) is 4.98 Å². The van der Waals surface area contributed by atoms with Crippen LogP contribution in [0.2, 0.25) is 0 Å². The average molecular weight is 244 g/mol. The van der Waals surface area contributed by atoms with Crippen molar-refractivity contribution in [2.75, 3.05) is 19.8 Å². The lowest BCUT2D eigenvalue weighted by Crippen LogP contribution is -2.33. The highest BCUT2D eigenvalue weighted by Crippen LogP contribution is 2.14. The van der Waals surface area contributed by atoms with Crippen LogP contribution in [0.5, 0.6) is 0 Å². The first-order valence-corrected chi connectivity index (χ1v) is 6.51. The maximum atomic E-state index is 5.45. The standard InChI is InChI=1S/C11H20N2O2S/c1-4-14-10(15-5-2)8-13-9(3)11-12-6-7-16-11/h6-7,9-10,13H,4-5,8H2,1-3H3. The van der Waals surface area contributed by atoms with Gasteiger partial charge in [-0.2, -0.15) is 0 Å². The number of ether oxygens (including phenoxy) is 2. The zero-order valence-electron chi connectivity index (χ0n) is 10.1. The summed E-state index contributed by atoms with van der Waals surface area (Å²) in [5, 5.41) is 6.42. The first kappa shape index (κ1) is 13.6. The molecule has 1 aromatic rings. The summed E-state index contributed by atoms with van der Waals surface area (Å²) in [7, 11) is 0. The predicted molar refractivity (Wildman–Crippen MR) is 65.6 cm³/mol. The van der Waals surface area contributed by atoms with Crippen molar-refractivity contribution in [1.82, 2.24) is 10.3 Å². The Morgan fingerprint density at radius 2 is 2.06 bits per heavy atom. The van der Waals surface area contributed by atoms with Crippen molar-refractivity contribution in [2.45, 2.75) is 33.1 Å².